The summed E-state index contributed by atoms with van der Waals surface area (Å²) in [5.41, 5.74) is 18.0. The normalized spacial score (nSPS) is 12.9. The minimum atomic E-state index is -0.856. The highest BCUT2D eigenvalue weighted by Gasteiger charge is 2.50. The van der Waals surface area contributed by atoms with Crippen LogP contribution in [0.15, 0.2) is 239 Å². The predicted molar refractivity (Wildman–Crippen MR) is 296 cm³/mol. The third kappa shape index (κ3) is 6.58. The molecular weight excluding hydrogens is 865 g/mol. The Bertz CT molecular complexity index is 3650. The molecule has 0 radical (unpaired) electrons. The molecule has 0 N–H and O–H groups in total. The molecule has 10 aromatic carbocycles. The highest BCUT2D eigenvalue weighted by Crippen LogP contribution is 2.64. The third-order valence-corrected chi connectivity index (χ3v) is 14.9. The summed E-state index contributed by atoms with van der Waals surface area (Å²) in [5, 5.41) is 4.19. The second-order valence-corrected chi connectivity index (χ2v) is 19.6. The number of anilines is 6. The van der Waals surface area contributed by atoms with Crippen molar-refractivity contribution in [2.75, 3.05) is 9.80 Å². The van der Waals surface area contributed by atoms with Gasteiger partial charge in [-0.25, -0.2) is 0 Å². The summed E-state index contributed by atoms with van der Waals surface area (Å²) >= 11 is 0. The fourth-order valence-electron chi connectivity index (χ4n) is 11.5. The topological polar surface area (TPSA) is 32.8 Å². The van der Waals surface area contributed by atoms with Crippen molar-refractivity contribution in [3.05, 3.63) is 264 Å². The quantitative estimate of drug-likeness (QED) is 0.137. The SMILES string of the molecule is CC(C)c1ccc(N(c2ccccc2)c2cc3c(c4oc5ccccc5c24)-c2c(cc(N(c4ccccc4)c4ccc(C(C)C)cc4)c4c2oc2ccccc24)C3(c2ccccc2)c2ccccc2)cc1. The van der Waals surface area contributed by atoms with E-state index in [1.807, 2.05) is 0 Å². The number of para-hydroxylation sites is 4. The number of furan rings is 2. The number of fused-ring (bicyclic) bond motifs is 11. The van der Waals surface area contributed by atoms with Gasteiger partial charge in [0.25, 0.3) is 0 Å². The Morgan fingerprint density at radius 3 is 1.04 bits per heavy atom. The van der Waals surface area contributed by atoms with Crippen LogP contribution < -0.4 is 9.80 Å². The van der Waals surface area contributed by atoms with Gasteiger partial charge >= 0.3 is 0 Å². The van der Waals surface area contributed by atoms with Gasteiger partial charge in [0.05, 0.1) is 27.6 Å². The van der Waals surface area contributed by atoms with Crippen LogP contribution in [0.3, 0.4) is 0 Å². The van der Waals surface area contributed by atoms with Gasteiger partial charge in [0.1, 0.15) is 22.3 Å². The van der Waals surface area contributed by atoms with Crippen molar-refractivity contribution in [1.82, 2.24) is 0 Å². The lowest BCUT2D eigenvalue weighted by Gasteiger charge is -2.36. The summed E-state index contributed by atoms with van der Waals surface area (Å²) < 4.78 is 14.8. The van der Waals surface area contributed by atoms with E-state index in [9.17, 15) is 0 Å². The van der Waals surface area contributed by atoms with Crippen LogP contribution in [0, 0.1) is 0 Å². The summed E-state index contributed by atoms with van der Waals surface area (Å²) in [6.45, 7) is 9.01. The molecule has 1 aliphatic rings. The largest absolute Gasteiger partial charge is 0.455 e. The zero-order valence-corrected chi connectivity index (χ0v) is 40.3. The van der Waals surface area contributed by atoms with Crippen molar-refractivity contribution >= 4 is 78.0 Å². The molecule has 71 heavy (non-hydrogen) atoms. The molecule has 0 bridgehead atoms. The van der Waals surface area contributed by atoms with E-state index in [0.717, 1.165) is 111 Å². The van der Waals surface area contributed by atoms with Crippen molar-refractivity contribution < 1.29 is 8.83 Å². The van der Waals surface area contributed by atoms with Gasteiger partial charge in [-0.1, -0.05) is 185 Å². The smallest absolute Gasteiger partial charge is 0.145 e. The van der Waals surface area contributed by atoms with Crippen LogP contribution >= 0.6 is 0 Å². The Hall–Kier alpha value is -8.60. The van der Waals surface area contributed by atoms with Gasteiger partial charge in [-0.15, -0.1) is 0 Å². The lowest BCUT2D eigenvalue weighted by Crippen LogP contribution is -2.29. The Labute approximate surface area is 414 Å². The van der Waals surface area contributed by atoms with Crippen LogP contribution in [-0.4, -0.2) is 0 Å². The van der Waals surface area contributed by atoms with Gasteiger partial charge in [-0.2, -0.15) is 0 Å². The van der Waals surface area contributed by atoms with Gasteiger partial charge in [0.15, 0.2) is 0 Å². The number of hydrogen-bond donors (Lipinski definition) is 0. The van der Waals surface area contributed by atoms with E-state index < -0.39 is 5.41 Å². The molecule has 2 aromatic heterocycles. The van der Waals surface area contributed by atoms with E-state index in [0.29, 0.717) is 11.8 Å². The van der Waals surface area contributed by atoms with E-state index in [1.165, 1.54) is 11.1 Å². The second kappa shape index (κ2) is 16.8. The summed E-state index contributed by atoms with van der Waals surface area (Å²) in [6, 6.07) is 83.9. The molecule has 0 atom stereocenters. The average molecular weight is 917 g/mol. The summed E-state index contributed by atoms with van der Waals surface area (Å²) in [5.74, 6) is 0.790. The first-order valence-electron chi connectivity index (χ1n) is 24.9. The van der Waals surface area contributed by atoms with E-state index in [2.05, 4.69) is 268 Å². The maximum atomic E-state index is 7.42. The van der Waals surface area contributed by atoms with Gasteiger partial charge in [-0.3, -0.25) is 0 Å². The molecule has 0 amide bonds. The molecule has 1 aliphatic carbocycles. The highest BCUT2D eigenvalue weighted by atomic mass is 16.3. The first kappa shape index (κ1) is 42.5. The molecule has 0 spiro atoms. The van der Waals surface area contributed by atoms with Crippen LogP contribution in [0.1, 0.15) is 72.9 Å². The van der Waals surface area contributed by atoms with Gasteiger partial charge in [0, 0.05) is 44.6 Å². The molecular formula is C67H52N2O2. The van der Waals surface area contributed by atoms with Gasteiger partial charge in [-0.05, 0) is 118 Å². The second-order valence-electron chi connectivity index (χ2n) is 19.6. The zero-order chi connectivity index (χ0) is 47.8. The average Bonchev–Trinajstić information content (AvgIpc) is 4.10. The summed E-state index contributed by atoms with van der Waals surface area (Å²) in [6.07, 6.45) is 0. The maximum absolute atomic E-state index is 7.42. The molecule has 342 valence electrons. The molecule has 0 unspecified atom stereocenters. The fraction of sp³-hybridized carbons (Fsp3) is 0.104. The van der Waals surface area contributed by atoms with Crippen LogP contribution in [0.5, 0.6) is 0 Å². The van der Waals surface area contributed by atoms with E-state index in [1.54, 1.807) is 0 Å². The predicted octanol–water partition coefficient (Wildman–Crippen LogP) is 19.0. The summed E-state index contributed by atoms with van der Waals surface area (Å²) in [4.78, 5) is 4.86. The molecule has 4 nitrogen and oxygen atoms in total. The van der Waals surface area contributed by atoms with Crippen molar-refractivity contribution in [3.8, 4) is 11.1 Å². The summed E-state index contributed by atoms with van der Waals surface area (Å²) in [7, 11) is 0. The minimum absolute atomic E-state index is 0.395. The molecule has 0 saturated heterocycles. The van der Waals surface area contributed by atoms with Crippen molar-refractivity contribution in [2.45, 2.75) is 44.9 Å². The minimum Gasteiger partial charge on any atom is -0.455 e. The lowest BCUT2D eigenvalue weighted by atomic mass is 9.67. The van der Waals surface area contributed by atoms with Crippen LogP contribution in [0.2, 0.25) is 0 Å². The van der Waals surface area contributed by atoms with Crippen LogP contribution in [0.4, 0.5) is 34.1 Å². The fourth-order valence-corrected chi connectivity index (χ4v) is 11.5. The van der Waals surface area contributed by atoms with Crippen molar-refractivity contribution in [1.29, 1.82) is 0 Å². The highest BCUT2D eigenvalue weighted by molar-refractivity contribution is 6.25. The van der Waals surface area contributed by atoms with Gasteiger partial charge < -0.3 is 18.6 Å². The Morgan fingerprint density at radius 1 is 0.352 bits per heavy atom. The van der Waals surface area contributed by atoms with Crippen LogP contribution in [0.25, 0.3) is 55.0 Å². The molecule has 0 aliphatic heterocycles. The number of benzene rings is 10. The monoisotopic (exact) mass is 916 g/mol. The van der Waals surface area contributed by atoms with E-state index in [4.69, 9.17) is 8.83 Å². The van der Waals surface area contributed by atoms with Crippen molar-refractivity contribution in [2.24, 2.45) is 0 Å². The van der Waals surface area contributed by atoms with Gasteiger partial charge in [0.2, 0.25) is 0 Å². The third-order valence-electron chi connectivity index (χ3n) is 14.9. The zero-order valence-electron chi connectivity index (χ0n) is 40.3. The van der Waals surface area contributed by atoms with E-state index >= 15 is 0 Å². The standard InChI is InChI=1S/C67H52N2O2/c1-43(2)45-33-37-51(38-34-45)68(49-25-13-7-14-26-49)57-41-55-63(65-61(57)53-29-17-19-31-59(53)70-65)64-56(67(55,47-21-9-5-10-22-47)48-23-11-6-12-24-48)42-58(62-54-30-18-20-32-60(54)71-66(62)64)69(50-27-15-8-16-28-50)52-39-35-46(36-40-52)44(3)4/h5-44H,1-4H3. The number of hydrogen-bond acceptors (Lipinski definition) is 4. The molecule has 13 rings (SSSR count). The van der Waals surface area contributed by atoms with Crippen LogP contribution in [-0.2, 0) is 5.41 Å². The Balaban J connectivity index is 1.24. The molecule has 2 heterocycles. The first-order valence-corrected chi connectivity index (χ1v) is 24.9. The Morgan fingerprint density at radius 2 is 0.676 bits per heavy atom. The lowest BCUT2D eigenvalue weighted by molar-refractivity contribution is 0.665. The Kier molecular flexibility index (Phi) is 10.1. The number of nitrogens with zero attached hydrogens (tertiary/aromatic N) is 2. The first-order chi connectivity index (χ1) is 34.9. The molecule has 4 heteroatoms. The molecule has 12 aromatic rings. The van der Waals surface area contributed by atoms with Crippen molar-refractivity contribution in [3.63, 3.8) is 0 Å². The molecule has 0 fully saturated rings. The van der Waals surface area contributed by atoms with E-state index in [-0.39, 0.29) is 0 Å². The maximum Gasteiger partial charge on any atom is 0.145 e. The number of rotatable bonds is 10. The molecule has 0 saturated carbocycles.